The zero-order valence-electron chi connectivity index (χ0n) is 13.1. The summed E-state index contributed by atoms with van der Waals surface area (Å²) in [6.45, 7) is 1.55. The summed E-state index contributed by atoms with van der Waals surface area (Å²) in [6, 6.07) is 10.6. The van der Waals surface area contributed by atoms with Crippen molar-refractivity contribution >= 4 is 17.4 Å². The molecule has 0 bridgehead atoms. The maximum atomic E-state index is 12.1. The molecule has 0 spiro atoms. The molecule has 24 heavy (non-hydrogen) atoms. The molecular weight excluding hydrogens is 314 g/mol. The molecule has 0 saturated heterocycles. The second kappa shape index (κ2) is 7.36. The Morgan fingerprint density at radius 2 is 1.71 bits per heavy atom. The Kier molecular flexibility index (Phi) is 5.26. The molecule has 0 saturated carbocycles. The number of aryl methyl sites for hydroxylation is 1. The summed E-state index contributed by atoms with van der Waals surface area (Å²) in [5, 5.41) is 11.1. The molecule has 2 aromatic rings. The van der Waals surface area contributed by atoms with Crippen LogP contribution in [0.15, 0.2) is 42.5 Å². The van der Waals surface area contributed by atoms with Crippen molar-refractivity contribution in [3.05, 3.63) is 69.3 Å². The number of carbonyl (C=O) groups excluding carboxylic acids is 2. The van der Waals surface area contributed by atoms with Gasteiger partial charge in [-0.3, -0.25) is 14.9 Å². The largest absolute Gasteiger partial charge is 0.478 e. The van der Waals surface area contributed by atoms with Gasteiger partial charge in [0.05, 0.1) is 17.6 Å². The van der Waals surface area contributed by atoms with Gasteiger partial charge in [0.25, 0.3) is 0 Å². The molecule has 0 aromatic heterocycles. The van der Waals surface area contributed by atoms with Gasteiger partial charge in [-0.05, 0) is 19.1 Å². The summed E-state index contributed by atoms with van der Waals surface area (Å²) < 4.78 is 9.79. The SMILES string of the molecule is COC(=O)c1ccc(OCC(=O)c2ccc(C)cc2)c([N+](=O)[O-])c1. The lowest BCUT2D eigenvalue weighted by Gasteiger charge is -2.07. The van der Waals surface area contributed by atoms with Gasteiger partial charge in [-0.25, -0.2) is 4.79 Å². The molecule has 0 amide bonds. The van der Waals surface area contributed by atoms with E-state index in [1.165, 1.54) is 19.2 Å². The molecule has 0 unspecified atom stereocenters. The van der Waals surface area contributed by atoms with E-state index in [1.54, 1.807) is 24.3 Å². The van der Waals surface area contributed by atoms with Crippen molar-refractivity contribution in [1.29, 1.82) is 0 Å². The summed E-state index contributed by atoms with van der Waals surface area (Å²) in [5.41, 5.74) is 1.09. The van der Waals surface area contributed by atoms with E-state index in [4.69, 9.17) is 4.74 Å². The lowest BCUT2D eigenvalue weighted by Crippen LogP contribution is -2.12. The highest BCUT2D eigenvalue weighted by atomic mass is 16.6. The Hall–Kier alpha value is -3.22. The van der Waals surface area contributed by atoms with Crippen LogP contribution < -0.4 is 4.74 Å². The van der Waals surface area contributed by atoms with Crippen LogP contribution >= 0.6 is 0 Å². The fraction of sp³-hybridized carbons (Fsp3) is 0.176. The van der Waals surface area contributed by atoms with Gasteiger partial charge in [-0.2, -0.15) is 0 Å². The third-order valence-corrected chi connectivity index (χ3v) is 3.31. The third kappa shape index (κ3) is 3.95. The van der Waals surface area contributed by atoms with E-state index >= 15 is 0 Å². The highest BCUT2D eigenvalue weighted by Crippen LogP contribution is 2.28. The van der Waals surface area contributed by atoms with Crippen molar-refractivity contribution in [2.24, 2.45) is 0 Å². The number of methoxy groups -OCH3 is 1. The average molecular weight is 329 g/mol. The summed E-state index contributed by atoms with van der Waals surface area (Å²) >= 11 is 0. The van der Waals surface area contributed by atoms with Crippen LogP contribution in [0, 0.1) is 17.0 Å². The maximum Gasteiger partial charge on any atom is 0.338 e. The summed E-state index contributed by atoms with van der Waals surface area (Å²) in [5.74, 6) is -1.09. The molecule has 2 aromatic carbocycles. The first-order chi connectivity index (χ1) is 11.4. The van der Waals surface area contributed by atoms with Gasteiger partial charge < -0.3 is 9.47 Å². The topological polar surface area (TPSA) is 95.7 Å². The highest BCUT2D eigenvalue weighted by molar-refractivity contribution is 5.97. The zero-order valence-corrected chi connectivity index (χ0v) is 13.1. The van der Waals surface area contributed by atoms with Crippen molar-refractivity contribution < 1.29 is 24.0 Å². The molecule has 124 valence electrons. The van der Waals surface area contributed by atoms with Gasteiger partial charge >= 0.3 is 11.7 Å². The van der Waals surface area contributed by atoms with Gasteiger partial charge in [0.15, 0.2) is 18.1 Å². The second-order valence-corrected chi connectivity index (χ2v) is 5.01. The number of hydrogen-bond donors (Lipinski definition) is 0. The van der Waals surface area contributed by atoms with E-state index in [9.17, 15) is 19.7 Å². The number of nitrogens with zero attached hydrogens (tertiary/aromatic N) is 1. The molecule has 0 aliphatic carbocycles. The van der Waals surface area contributed by atoms with Crippen LogP contribution in [0.5, 0.6) is 5.75 Å². The number of rotatable bonds is 6. The zero-order chi connectivity index (χ0) is 17.7. The van der Waals surface area contributed by atoms with E-state index in [0.717, 1.165) is 11.6 Å². The van der Waals surface area contributed by atoms with Crippen molar-refractivity contribution in [1.82, 2.24) is 0 Å². The van der Waals surface area contributed by atoms with Gasteiger partial charge in [-0.15, -0.1) is 0 Å². The van der Waals surface area contributed by atoms with Gasteiger partial charge in [0.2, 0.25) is 0 Å². The Balaban J connectivity index is 2.17. The first kappa shape index (κ1) is 17.1. The molecule has 7 nitrogen and oxygen atoms in total. The van der Waals surface area contributed by atoms with Crippen molar-refractivity contribution in [3.63, 3.8) is 0 Å². The quantitative estimate of drug-likeness (QED) is 0.350. The lowest BCUT2D eigenvalue weighted by molar-refractivity contribution is -0.385. The fourth-order valence-electron chi connectivity index (χ4n) is 1.99. The highest BCUT2D eigenvalue weighted by Gasteiger charge is 2.20. The first-order valence-corrected chi connectivity index (χ1v) is 7.02. The second-order valence-electron chi connectivity index (χ2n) is 5.01. The number of Topliss-reactive ketones (excluding diaryl/α,β-unsaturated/α-hetero) is 1. The number of ketones is 1. The molecule has 0 aliphatic heterocycles. The Bertz CT molecular complexity index is 782. The van der Waals surface area contributed by atoms with E-state index in [0.29, 0.717) is 5.56 Å². The van der Waals surface area contributed by atoms with Crippen molar-refractivity contribution in [3.8, 4) is 5.75 Å². The predicted octanol–water partition coefficient (Wildman–Crippen LogP) is 2.95. The molecule has 2 rings (SSSR count). The number of hydrogen-bond acceptors (Lipinski definition) is 6. The molecular formula is C17H15NO6. The molecule has 0 heterocycles. The van der Waals surface area contributed by atoms with Crippen LogP contribution in [0.3, 0.4) is 0 Å². The fourth-order valence-corrected chi connectivity index (χ4v) is 1.99. The molecule has 0 fully saturated rings. The van der Waals surface area contributed by atoms with E-state index in [1.807, 2.05) is 6.92 Å². The van der Waals surface area contributed by atoms with E-state index < -0.39 is 16.6 Å². The number of nitro groups is 1. The van der Waals surface area contributed by atoms with Crippen LogP contribution in [0.1, 0.15) is 26.3 Å². The standard InChI is InChI=1S/C17H15NO6/c1-11-3-5-12(6-4-11)15(19)10-24-16-8-7-13(17(20)23-2)9-14(16)18(21)22/h3-9H,10H2,1-2H3. The Morgan fingerprint density at radius 3 is 2.29 bits per heavy atom. The Morgan fingerprint density at radius 1 is 1.08 bits per heavy atom. The number of esters is 1. The molecule has 0 aliphatic rings. The van der Waals surface area contributed by atoms with Gasteiger partial charge in [0, 0.05) is 11.6 Å². The molecule has 0 atom stereocenters. The minimum absolute atomic E-state index is 0.0291. The van der Waals surface area contributed by atoms with Crippen LogP contribution in [0.25, 0.3) is 0 Å². The first-order valence-electron chi connectivity index (χ1n) is 7.02. The summed E-state index contributed by atoms with van der Waals surface area (Å²) in [4.78, 5) is 33.9. The van der Waals surface area contributed by atoms with Crippen LogP contribution in [0.4, 0.5) is 5.69 Å². The van der Waals surface area contributed by atoms with Crippen LogP contribution in [-0.2, 0) is 4.74 Å². The number of nitro benzene ring substituents is 1. The lowest BCUT2D eigenvalue weighted by atomic mass is 10.1. The minimum atomic E-state index is -0.694. The normalized spacial score (nSPS) is 10.1. The number of carbonyl (C=O) groups is 2. The summed E-state index contributed by atoms with van der Waals surface area (Å²) in [6.07, 6.45) is 0. The minimum Gasteiger partial charge on any atom is -0.478 e. The number of ether oxygens (including phenoxy) is 2. The van der Waals surface area contributed by atoms with Crippen molar-refractivity contribution in [2.75, 3.05) is 13.7 Å². The van der Waals surface area contributed by atoms with Crippen LogP contribution in [0.2, 0.25) is 0 Å². The van der Waals surface area contributed by atoms with Crippen molar-refractivity contribution in [2.45, 2.75) is 6.92 Å². The van der Waals surface area contributed by atoms with Crippen LogP contribution in [-0.4, -0.2) is 30.4 Å². The third-order valence-electron chi connectivity index (χ3n) is 3.31. The maximum absolute atomic E-state index is 12.1. The van der Waals surface area contributed by atoms with Gasteiger partial charge in [-0.1, -0.05) is 29.8 Å². The number of benzene rings is 2. The van der Waals surface area contributed by atoms with E-state index in [-0.39, 0.29) is 23.7 Å². The monoisotopic (exact) mass is 329 g/mol. The predicted molar refractivity (Wildman–Crippen MR) is 85.4 cm³/mol. The van der Waals surface area contributed by atoms with E-state index in [2.05, 4.69) is 4.74 Å². The molecule has 7 heteroatoms. The average Bonchev–Trinajstić information content (AvgIpc) is 2.59. The smallest absolute Gasteiger partial charge is 0.338 e. The molecule has 0 N–H and O–H groups in total. The summed E-state index contributed by atoms with van der Waals surface area (Å²) in [7, 11) is 1.18. The Labute approximate surface area is 138 Å². The molecule has 0 radical (unpaired) electrons. The van der Waals surface area contributed by atoms with Gasteiger partial charge in [0.1, 0.15) is 0 Å².